The van der Waals surface area contributed by atoms with Gasteiger partial charge >= 0.3 is 0 Å². The van der Waals surface area contributed by atoms with E-state index in [1.165, 1.54) is 6.92 Å². The van der Waals surface area contributed by atoms with E-state index >= 15 is 0 Å². The highest BCUT2D eigenvalue weighted by atomic mass is 19.3. The van der Waals surface area contributed by atoms with Gasteiger partial charge in [-0.3, -0.25) is 9.71 Å². The molecule has 1 aromatic heterocycles. The Morgan fingerprint density at radius 2 is 2.05 bits per heavy atom. The summed E-state index contributed by atoms with van der Waals surface area (Å²) in [7, 11) is 0. The molecule has 0 saturated carbocycles. The maximum atomic E-state index is 13.0. The normalized spacial score (nSPS) is 16.3. The summed E-state index contributed by atoms with van der Waals surface area (Å²) in [6.07, 6.45) is -3.34. The first kappa shape index (κ1) is 15.9. The van der Waals surface area contributed by atoms with Gasteiger partial charge in [0.05, 0.1) is 6.67 Å². The fourth-order valence-electron chi connectivity index (χ4n) is 2.30. The molecule has 0 bridgehead atoms. The summed E-state index contributed by atoms with van der Waals surface area (Å²) in [5.74, 6) is -0.640. The highest BCUT2D eigenvalue weighted by Crippen LogP contribution is 2.23. The van der Waals surface area contributed by atoms with Gasteiger partial charge in [0, 0.05) is 24.2 Å². The van der Waals surface area contributed by atoms with Crippen molar-refractivity contribution in [3.05, 3.63) is 36.0 Å². The van der Waals surface area contributed by atoms with Crippen LogP contribution in [0, 0.1) is 5.92 Å². The third-order valence-electron chi connectivity index (χ3n) is 3.45. The maximum Gasteiger partial charge on any atom is 0.280 e. The van der Waals surface area contributed by atoms with Crippen molar-refractivity contribution < 1.29 is 18.3 Å². The van der Waals surface area contributed by atoms with Gasteiger partial charge in [-0.15, -0.1) is 0 Å². The molecule has 0 aliphatic heterocycles. The van der Waals surface area contributed by atoms with Crippen LogP contribution in [0.25, 0.3) is 10.9 Å². The molecule has 6 heteroatoms. The number of H-pyrrole nitrogens is 1. The summed E-state index contributed by atoms with van der Waals surface area (Å²) in [6, 6.07) is 9.36. The second-order valence-corrected chi connectivity index (χ2v) is 5.42. The van der Waals surface area contributed by atoms with Crippen LogP contribution >= 0.6 is 0 Å². The highest BCUT2D eigenvalue weighted by Gasteiger charge is 2.38. The number of nitrogens with one attached hydrogen (secondary N) is 2. The minimum atomic E-state index is -2.99. The van der Waals surface area contributed by atoms with Crippen molar-refractivity contribution in [1.82, 2.24) is 10.3 Å². The van der Waals surface area contributed by atoms with Crippen LogP contribution in [-0.2, 0) is 6.54 Å². The molecule has 0 spiro atoms. The van der Waals surface area contributed by atoms with Gasteiger partial charge in [0.2, 0.25) is 0 Å². The molecule has 0 amide bonds. The van der Waals surface area contributed by atoms with Crippen molar-refractivity contribution in [1.29, 1.82) is 0 Å². The van der Waals surface area contributed by atoms with E-state index in [2.05, 4.69) is 10.3 Å². The monoisotopic (exact) mass is 300 g/mol. The van der Waals surface area contributed by atoms with Crippen LogP contribution in [0.5, 0.6) is 0 Å². The molecule has 2 rings (SSSR count). The molecule has 0 saturated heterocycles. The number of fused-ring (bicyclic) bond motifs is 1. The Balaban J connectivity index is 2.07. The number of hydrogen-bond donors (Lipinski definition) is 3. The molecule has 2 unspecified atom stereocenters. The molecule has 3 nitrogen and oxygen atoms in total. The topological polar surface area (TPSA) is 48.0 Å². The number of hydrogen-bond acceptors (Lipinski definition) is 2. The Bertz CT molecular complexity index is 554. The van der Waals surface area contributed by atoms with Crippen molar-refractivity contribution in [2.75, 3.05) is 6.67 Å². The summed E-state index contributed by atoms with van der Waals surface area (Å²) in [5, 5.41) is 13.4. The van der Waals surface area contributed by atoms with E-state index in [1.54, 1.807) is 0 Å². The molecular formula is C15H19F3N2O. The van der Waals surface area contributed by atoms with E-state index < -0.39 is 24.7 Å². The van der Waals surface area contributed by atoms with Crippen LogP contribution in [0.2, 0.25) is 0 Å². The molecule has 116 valence electrons. The number of aliphatic hydroxyl groups is 1. The molecule has 2 atom stereocenters. The van der Waals surface area contributed by atoms with Crippen LogP contribution < -0.4 is 5.32 Å². The van der Waals surface area contributed by atoms with Crippen LogP contribution in [0.15, 0.2) is 30.3 Å². The van der Waals surface area contributed by atoms with Gasteiger partial charge in [0.15, 0.2) is 5.72 Å². The number of aromatic amines is 1. The van der Waals surface area contributed by atoms with E-state index in [0.29, 0.717) is 5.69 Å². The van der Waals surface area contributed by atoms with E-state index in [9.17, 15) is 18.3 Å². The summed E-state index contributed by atoms with van der Waals surface area (Å²) < 4.78 is 38.6. The van der Waals surface area contributed by atoms with Gasteiger partial charge in [0.25, 0.3) is 6.43 Å². The van der Waals surface area contributed by atoms with Crippen LogP contribution in [0.3, 0.4) is 0 Å². The lowest BCUT2D eigenvalue weighted by atomic mass is 10.00. The molecule has 0 aliphatic carbocycles. The number of benzene rings is 1. The Morgan fingerprint density at radius 3 is 2.67 bits per heavy atom. The Hall–Kier alpha value is -1.53. The number of halogens is 3. The number of rotatable bonds is 7. The zero-order valence-electron chi connectivity index (χ0n) is 11.7. The minimum absolute atomic E-state index is 0.0501. The Kier molecular flexibility index (Phi) is 4.90. The lowest BCUT2D eigenvalue weighted by Gasteiger charge is -2.30. The third kappa shape index (κ3) is 3.77. The standard InChI is InChI=1S/C15H19F3N2O/c1-10(8-16)7-15(21,14(17)18)19-9-12-6-11-4-2-3-5-13(11)20-12/h2-6,10,14,19-21H,7-9H2,1H3. The Morgan fingerprint density at radius 1 is 1.33 bits per heavy atom. The lowest BCUT2D eigenvalue weighted by Crippen LogP contribution is -2.52. The molecule has 21 heavy (non-hydrogen) atoms. The van der Waals surface area contributed by atoms with E-state index in [1.807, 2.05) is 30.3 Å². The molecule has 2 aromatic rings. The first-order valence-corrected chi connectivity index (χ1v) is 6.83. The zero-order valence-corrected chi connectivity index (χ0v) is 11.7. The summed E-state index contributed by atoms with van der Waals surface area (Å²) in [4.78, 5) is 3.08. The van der Waals surface area contributed by atoms with E-state index in [4.69, 9.17) is 0 Å². The molecule has 1 aromatic carbocycles. The molecule has 0 radical (unpaired) electrons. The Labute approximate surface area is 121 Å². The van der Waals surface area contributed by atoms with E-state index in [0.717, 1.165) is 10.9 Å². The molecular weight excluding hydrogens is 281 g/mol. The zero-order chi connectivity index (χ0) is 15.5. The lowest BCUT2D eigenvalue weighted by molar-refractivity contribution is -0.132. The van der Waals surface area contributed by atoms with Crippen molar-refractivity contribution in [3.8, 4) is 0 Å². The van der Waals surface area contributed by atoms with Gasteiger partial charge in [0.1, 0.15) is 0 Å². The number of para-hydroxylation sites is 1. The average Bonchev–Trinajstić information content (AvgIpc) is 2.87. The predicted molar refractivity (Wildman–Crippen MR) is 75.8 cm³/mol. The average molecular weight is 300 g/mol. The molecule has 0 aliphatic rings. The van der Waals surface area contributed by atoms with Crippen molar-refractivity contribution in [2.24, 2.45) is 5.92 Å². The largest absolute Gasteiger partial charge is 0.370 e. The van der Waals surface area contributed by atoms with Gasteiger partial charge in [-0.2, -0.15) is 0 Å². The SMILES string of the molecule is CC(CF)CC(O)(NCc1cc2ccccc2[nH]1)C(F)F. The first-order valence-electron chi connectivity index (χ1n) is 6.83. The van der Waals surface area contributed by atoms with Gasteiger partial charge in [-0.05, 0) is 23.4 Å². The van der Waals surface area contributed by atoms with Crippen molar-refractivity contribution in [2.45, 2.75) is 32.0 Å². The minimum Gasteiger partial charge on any atom is -0.370 e. The maximum absolute atomic E-state index is 13.0. The summed E-state index contributed by atoms with van der Waals surface area (Å²) in [5.41, 5.74) is -0.807. The predicted octanol–water partition coefficient (Wildman–Crippen LogP) is 3.21. The fraction of sp³-hybridized carbons (Fsp3) is 0.467. The smallest absolute Gasteiger partial charge is 0.280 e. The van der Waals surface area contributed by atoms with Gasteiger partial charge in [-0.25, -0.2) is 8.78 Å². The first-order chi connectivity index (χ1) is 9.94. The second-order valence-electron chi connectivity index (χ2n) is 5.42. The van der Waals surface area contributed by atoms with Crippen molar-refractivity contribution >= 4 is 10.9 Å². The number of aromatic nitrogens is 1. The van der Waals surface area contributed by atoms with Crippen LogP contribution in [0.1, 0.15) is 19.0 Å². The summed E-state index contributed by atoms with van der Waals surface area (Å²) in [6.45, 7) is 0.787. The quantitative estimate of drug-likeness (QED) is 0.688. The molecule has 3 N–H and O–H groups in total. The van der Waals surface area contributed by atoms with Gasteiger partial charge in [-0.1, -0.05) is 25.1 Å². The summed E-state index contributed by atoms with van der Waals surface area (Å²) >= 11 is 0. The van der Waals surface area contributed by atoms with E-state index in [-0.39, 0.29) is 13.0 Å². The highest BCUT2D eigenvalue weighted by molar-refractivity contribution is 5.80. The molecule has 1 heterocycles. The van der Waals surface area contributed by atoms with Crippen molar-refractivity contribution in [3.63, 3.8) is 0 Å². The van der Waals surface area contributed by atoms with Gasteiger partial charge < -0.3 is 10.1 Å². The second kappa shape index (κ2) is 6.49. The van der Waals surface area contributed by atoms with Crippen LogP contribution in [-0.4, -0.2) is 28.9 Å². The van der Waals surface area contributed by atoms with Crippen LogP contribution in [0.4, 0.5) is 13.2 Å². The molecule has 0 fully saturated rings. The fourth-order valence-corrected chi connectivity index (χ4v) is 2.30. The third-order valence-corrected chi connectivity index (χ3v) is 3.45. The number of alkyl halides is 3.